The van der Waals surface area contributed by atoms with E-state index >= 15 is 0 Å². The van der Waals surface area contributed by atoms with Gasteiger partial charge in [-0.2, -0.15) is 0 Å². The van der Waals surface area contributed by atoms with E-state index in [0.29, 0.717) is 11.8 Å². The van der Waals surface area contributed by atoms with Crippen molar-refractivity contribution in [2.24, 2.45) is 0 Å². The summed E-state index contributed by atoms with van der Waals surface area (Å²) < 4.78 is 6.06. The molecule has 0 aliphatic rings. The molecule has 0 saturated heterocycles. The van der Waals surface area contributed by atoms with Crippen LogP contribution in [0.15, 0.2) is 36.5 Å². The fourth-order valence-electron chi connectivity index (χ4n) is 2.19. The van der Waals surface area contributed by atoms with E-state index < -0.39 is 0 Å². The first-order valence-electron chi connectivity index (χ1n) is 7.26. The summed E-state index contributed by atoms with van der Waals surface area (Å²) in [6, 6.07) is 10.2. The number of nitrogens with zero attached hydrogens (tertiary/aromatic N) is 1. The molecule has 2 aromatic rings. The number of hydrogen-bond acceptors (Lipinski definition) is 2. The number of halogens is 1. The summed E-state index contributed by atoms with van der Waals surface area (Å²) in [5.41, 5.74) is 3.41. The quantitative estimate of drug-likeness (QED) is 0.698. The molecule has 0 N–H and O–H groups in total. The highest BCUT2D eigenvalue weighted by molar-refractivity contribution is 6.17. The second-order valence-electron chi connectivity index (χ2n) is 6.14. The molecule has 0 fully saturated rings. The second kappa shape index (κ2) is 6.48. The van der Waals surface area contributed by atoms with E-state index in [2.05, 4.69) is 44.8 Å². The number of aromatic nitrogens is 1. The van der Waals surface area contributed by atoms with E-state index in [0.717, 1.165) is 17.7 Å². The summed E-state index contributed by atoms with van der Waals surface area (Å²) in [5, 5.41) is 0. The minimum atomic E-state index is 0.0103. The molecular weight excluding hydrogens is 282 g/mol. The molecule has 2 rings (SSSR count). The van der Waals surface area contributed by atoms with Crippen LogP contribution in [-0.4, -0.2) is 4.98 Å². The van der Waals surface area contributed by atoms with Crippen LogP contribution in [0.3, 0.4) is 0 Å². The Labute approximate surface area is 132 Å². The molecule has 1 heterocycles. The van der Waals surface area contributed by atoms with Gasteiger partial charge in [0.1, 0.15) is 5.75 Å². The van der Waals surface area contributed by atoms with Gasteiger partial charge in [-0.3, -0.25) is 0 Å². The normalized spacial score (nSPS) is 11.5. The van der Waals surface area contributed by atoms with E-state index in [-0.39, 0.29) is 5.41 Å². The van der Waals surface area contributed by atoms with Crippen molar-refractivity contribution in [3.63, 3.8) is 0 Å². The highest BCUT2D eigenvalue weighted by Gasteiger charge is 2.20. The summed E-state index contributed by atoms with van der Waals surface area (Å²) >= 11 is 5.96. The summed E-state index contributed by atoms with van der Waals surface area (Å²) in [7, 11) is 0. The lowest BCUT2D eigenvalue weighted by Crippen LogP contribution is -2.13. The maximum Gasteiger partial charge on any atom is 0.223 e. The number of rotatable bonds is 4. The Kier molecular flexibility index (Phi) is 4.89. The van der Waals surface area contributed by atoms with E-state index in [4.69, 9.17) is 16.3 Å². The molecule has 2 nitrogen and oxygen atoms in total. The predicted octanol–water partition coefficient (Wildman–Crippen LogP) is 5.47. The van der Waals surface area contributed by atoms with Crippen LogP contribution in [0.5, 0.6) is 11.6 Å². The van der Waals surface area contributed by atoms with E-state index in [1.165, 1.54) is 11.1 Å². The van der Waals surface area contributed by atoms with Gasteiger partial charge >= 0.3 is 0 Å². The van der Waals surface area contributed by atoms with Gasteiger partial charge in [-0.1, -0.05) is 45.9 Å². The van der Waals surface area contributed by atoms with Gasteiger partial charge in [0.05, 0.1) is 5.88 Å². The number of hydrogen-bond donors (Lipinski definition) is 0. The Morgan fingerprint density at radius 3 is 2.57 bits per heavy atom. The predicted molar refractivity (Wildman–Crippen MR) is 88.4 cm³/mol. The lowest BCUT2D eigenvalue weighted by atomic mass is 9.85. The first-order valence-corrected chi connectivity index (χ1v) is 7.80. The molecular formula is C18H22ClNO. The Morgan fingerprint density at radius 2 is 1.95 bits per heavy atom. The van der Waals surface area contributed by atoms with Crippen molar-refractivity contribution in [3.8, 4) is 11.6 Å². The number of alkyl halides is 1. The highest BCUT2D eigenvalue weighted by Crippen LogP contribution is 2.35. The van der Waals surface area contributed by atoms with Gasteiger partial charge in [0.2, 0.25) is 5.88 Å². The van der Waals surface area contributed by atoms with Crippen LogP contribution in [0.4, 0.5) is 0 Å². The molecule has 0 radical (unpaired) electrons. The van der Waals surface area contributed by atoms with E-state index in [1.807, 2.05) is 18.2 Å². The van der Waals surface area contributed by atoms with Gasteiger partial charge in [-0.05, 0) is 29.5 Å². The standard InChI is InChI=1S/C18H22ClNO/c1-5-13-8-9-16(15(11-13)18(2,3)4)21-17-14(12-19)7-6-10-20-17/h6-11H,5,12H2,1-4H3. The van der Waals surface area contributed by atoms with Crippen molar-refractivity contribution in [2.75, 3.05) is 0 Å². The molecule has 1 aromatic heterocycles. The fraction of sp³-hybridized carbons (Fsp3) is 0.389. The van der Waals surface area contributed by atoms with Crippen LogP contribution in [-0.2, 0) is 17.7 Å². The SMILES string of the molecule is CCc1ccc(Oc2ncccc2CCl)c(C(C)(C)C)c1. The maximum absolute atomic E-state index is 6.06. The van der Waals surface area contributed by atoms with Gasteiger partial charge in [-0.15, -0.1) is 11.6 Å². The molecule has 0 aliphatic heterocycles. The highest BCUT2D eigenvalue weighted by atomic mass is 35.5. The third-order valence-corrected chi connectivity index (χ3v) is 3.75. The van der Waals surface area contributed by atoms with Gasteiger partial charge in [0, 0.05) is 17.3 Å². The zero-order valence-electron chi connectivity index (χ0n) is 13.1. The molecule has 1 aromatic carbocycles. The number of aryl methyl sites for hydroxylation is 1. The van der Waals surface area contributed by atoms with Crippen LogP contribution < -0.4 is 4.74 Å². The first kappa shape index (κ1) is 15.8. The minimum absolute atomic E-state index is 0.0103. The smallest absolute Gasteiger partial charge is 0.223 e. The van der Waals surface area contributed by atoms with Gasteiger partial charge < -0.3 is 4.74 Å². The van der Waals surface area contributed by atoms with Crippen molar-refractivity contribution in [1.29, 1.82) is 0 Å². The monoisotopic (exact) mass is 303 g/mol. The van der Waals surface area contributed by atoms with E-state index in [9.17, 15) is 0 Å². The molecule has 0 spiro atoms. The van der Waals surface area contributed by atoms with Crippen LogP contribution in [0.2, 0.25) is 0 Å². The Morgan fingerprint density at radius 1 is 1.19 bits per heavy atom. The lowest BCUT2D eigenvalue weighted by Gasteiger charge is -2.23. The zero-order chi connectivity index (χ0) is 15.5. The number of ether oxygens (including phenoxy) is 1. The van der Waals surface area contributed by atoms with Crippen LogP contribution >= 0.6 is 11.6 Å². The van der Waals surface area contributed by atoms with Crippen molar-refractivity contribution in [1.82, 2.24) is 4.98 Å². The van der Waals surface area contributed by atoms with Gasteiger partial charge in [-0.25, -0.2) is 4.98 Å². The molecule has 3 heteroatoms. The summed E-state index contributed by atoms with van der Waals surface area (Å²) in [5.74, 6) is 1.83. The molecule has 0 amide bonds. The van der Waals surface area contributed by atoms with Crippen molar-refractivity contribution in [3.05, 3.63) is 53.2 Å². The fourth-order valence-corrected chi connectivity index (χ4v) is 2.40. The molecule has 112 valence electrons. The second-order valence-corrected chi connectivity index (χ2v) is 6.40. The lowest BCUT2D eigenvalue weighted by molar-refractivity contribution is 0.436. The third kappa shape index (κ3) is 3.76. The average molecular weight is 304 g/mol. The molecule has 0 bridgehead atoms. The topological polar surface area (TPSA) is 22.1 Å². The molecule has 0 aliphatic carbocycles. The Hall–Kier alpha value is -1.54. The first-order chi connectivity index (χ1) is 9.95. The van der Waals surface area contributed by atoms with Crippen molar-refractivity contribution in [2.45, 2.75) is 45.4 Å². The summed E-state index contributed by atoms with van der Waals surface area (Å²) in [6.45, 7) is 8.73. The van der Waals surface area contributed by atoms with Crippen LogP contribution in [0, 0.1) is 0 Å². The van der Waals surface area contributed by atoms with Crippen LogP contribution in [0.25, 0.3) is 0 Å². The summed E-state index contributed by atoms with van der Waals surface area (Å²) in [6.07, 6.45) is 2.74. The molecule has 21 heavy (non-hydrogen) atoms. The molecule has 0 unspecified atom stereocenters. The number of benzene rings is 1. The summed E-state index contributed by atoms with van der Waals surface area (Å²) in [4.78, 5) is 4.30. The average Bonchev–Trinajstić information content (AvgIpc) is 2.47. The zero-order valence-corrected chi connectivity index (χ0v) is 13.9. The van der Waals surface area contributed by atoms with Gasteiger partial charge in [0.25, 0.3) is 0 Å². The van der Waals surface area contributed by atoms with E-state index in [1.54, 1.807) is 6.20 Å². The van der Waals surface area contributed by atoms with Gasteiger partial charge in [0.15, 0.2) is 0 Å². The molecule has 0 atom stereocenters. The van der Waals surface area contributed by atoms with Crippen molar-refractivity contribution >= 4 is 11.6 Å². The third-order valence-electron chi connectivity index (χ3n) is 3.46. The van der Waals surface area contributed by atoms with Crippen LogP contribution in [0.1, 0.15) is 44.4 Å². The van der Waals surface area contributed by atoms with Crippen molar-refractivity contribution < 1.29 is 4.74 Å². The number of pyridine rings is 1. The maximum atomic E-state index is 6.06. The Bertz CT molecular complexity index is 617. The molecule has 0 saturated carbocycles. The minimum Gasteiger partial charge on any atom is -0.438 e. The Balaban J connectivity index is 2.44. The largest absolute Gasteiger partial charge is 0.438 e.